The van der Waals surface area contributed by atoms with Crippen LogP contribution in [-0.4, -0.2) is 20.4 Å². The fourth-order valence-electron chi connectivity index (χ4n) is 2.95. The summed E-state index contributed by atoms with van der Waals surface area (Å²) in [4.78, 5) is 23.4. The average molecular weight is 511 g/mol. The molecule has 0 heterocycles. The van der Waals surface area contributed by atoms with Crippen LogP contribution >= 0.6 is 0 Å². The van der Waals surface area contributed by atoms with E-state index < -0.39 is 50.0 Å². The molecule has 0 atom stereocenters. The number of nitrogens with two attached hydrogens (primary N) is 1. The van der Waals surface area contributed by atoms with Crippen molar-refractivity contribution in [2.75, 3.05) is 5.32 Å². The number of alkyl halides is 3. The van der Waals surface area contributed by atoms with Crippen molar-refractivity contribution in [3.05, 3.63) is 83.2 Å². The molecule has 0 unspecified atom stereocenters. The first kappa shape index (κ1) is 25.5. The van der Waals surface area contributed by atoms with Crippen molar-refractivity contribution in [3.63, 3.8) is 0 Å². The van der Waals surface area contributed by atoms with E-state index in [-0.39, 0.29) is 17.2 Å². The van der Waals surface area contributed by atoms with Crippen molar-refractivity contribution >= 4 is 27.6 Å². The number of hydrogen-bond acceptors (Lipinski definition) is 5. The van der Waals surface area contributed by atoms with E-state index in [0.29, 0.717) is 17.7 Å². The van der Waals surface area contributed by atoms with E-state index in [9.17, 15) is 35.6 Å². The third-order valence-electron chi connectivity index (χ3n) is 4.55. The van der Waals surface area contributed by atoms with Crippen LogP contribution in [0.25, 0.3) is 0 Å². The number of primary amides is 1. The van der Waals surface area contributed by atoms with Gasteiger partial charge in [0.25, 0.3) is 15.9 Å². The van der Waals surface area contributed by atoms with Crippen molar-refractivity contribution in [2.45, 2.75) is 18.0 Å². The van der Waals surface area contributed by atoms with Crippen LogP contribution in [-0.2, 0) is 16.2 Å². The number of rotatable bonds is 6. The molecule has 3 amide bonds. The smallest absolute Gasteiger partial charge is 0.416 e. The lowest BCUT2D eigenvalue weighted by Gasteiger charge is -2.16. The summed E-state index contributed by atoms with van der Waals surface area (Å²) in [5.74, 6) is -1.76. The molecule has 13 heteroatoms. The highest BCUT2D eigenvalue weighted by Crippen LogP contribution is 2.35. The number of aryl methyl sites for hydroxylation is 1. The van der Waals surface area contributed by atoms with Gasteiger partial charge in [0.2, 0.25) is 0 Å². The van der Waals surface area contributed by atoms with Gasteiger partial charge in [0.05, 0.1) is 16.0 Å². The second kappa shape index (κ2) is 9.62. The highest BCUT2D eigenvalue weighted by atomic mass is 32.2. The van der Waals surface area contributed by atoms with Gasteiger partial charge in [-0.15, -0.1) is 0 Å². The minimum absolute atomic E-state index is 0.103. The summed E-state index contributed by atoms with van der Waals surface area (Å²) in [6, 6.07) is 8.97. The average Bonchev–Trinajstić information content (AvgIpc) is 2.74. The molecular formula is C22H17F4N3O5S. The van der Waals surface area contributed by atoms with Crippen molar-refractivity contribution in [1.29, 1.82) is 0 Å². The van der Waals surface area contributed by atoms with Crippen LogP contribution in [0.15, 0.2) is 65.6 Å². The first-order valence-corrected chi connectivity index (χ1v) is 11.1. The van der Waals surface area contributed by atoms with Crippen LogP contribution < -0.4 is 20.5 Å². The number of halogens is 4. The highest BCUT2D eigenvalue weighted by molar-refractivity contribution is 7.90. The maximum atomic E-state index is 13.4. The summed E-state index contributed by atoms with van der Waals surface area (Å²) in [5, 5.41) is 2.30. The Balaban J connectivity index is 1.99. The van der Waals surface area contributed by atoms with E-state index in [1.165, 1.54) is 25.1 Å². The molecule has 0 fully saturated rings. The first-order chi connectivity index (χ1) is 16.3. The third-order valence-corrected chi connectivity index (χ3v) is 5.89. The molecule has 8 nitrogen and oxygen atoms in total. The fraction of sp³-hybridized carbons (Fsp3) is 0.0909. The lowest BCUT2D eigenvalue weighted by molar-refractivity contribution is -0.137. The summed E-state index contributed by atoms with van der Waals surface area (Å²) in [6.45, 7) is 1.51. The van der Waals surface area contributed by atoms with Crippen LogP contribution in [0, 0.1) is 12.7 Å². The summed E-state index contributed by atoms with van der Waals surface area (Å²) >= 11 is 0. The van der Waals surface area contributed by atoms with Gasteiger partial charge in [0.1, 0.15) is 17.3 Å². The standard InChI is InChI=1S/C22H17F4N3O5S/c1-12-9-14(23)6-8-18(12)34-19-7-5-13(22(24,25)26)10-17(19)20(30)28-15-3-2-4-16(11-15)35(32,33)29-21(27)31/h2-11H,1H3,(H,28,30)(H3,27,29,31). The Morgan fingerprint density at radius 3 is 2.29 bits per heavy atom. The number of nitrogens with one attached hydrogen (secondary N) is 2. The molecule has 0 aromatic heterocycles. The SMILES string of the molecule is Cc1cc(F)ccc1Oc1ccc(C(F)(F)F)cc1C(=O)Nc1cccc(S(=O)(=O)NC(N)=O)c1. The van der Waals surface area contributed by atoms with E-state index in [2.05, 4.69) is 5.32 Å². The lowest BCUT2D eigenvalue weighted by Crippen LogP contribution is -2.34. The van der Waals surface area contributed by atoms with Crippen molar-refractivity contribution in [1.82, 2.24) is 4.72 Å². The quantitative estimate of drug-likeness (QED) is 0.418. The Hall–Kier alpha value is -4.13. The van der Waals surface area contributed by atoms with Crippen LogP contribution in [0.5, 0.6) is 11.5 Å². The molecule has 0 aliphatic carbocycles. The number of sulfonamides is 1. The maximum absolute atomic E-state index is 13.4. The number of anilines is 1. The van der Waals surface area contributed by atoms with E-state index in [1.54, 1.807) is 4.72 Å². The summed E-state index contributed by atoms with van der Waals surface area (Å²) in [5.41, 5.74) is 3.40. The molecule has 0 radical (unpaired) electrons. The van der Waals surface area contributed by atoms with Gasteiger partial charge in [-0.25, -0.2) is 22.3 Å². The minimum atomic E-state index is -4.77. The molecule has 3 rings (SSSR count). The largest absolute Gasteiger partial charge is 0.456 e. The molecule has 0 saturated heterocycles. The first-order valence-electron chi connectivity index (χ1n) is 9.65. The normalized spacial score (nSPS) is 11.6. The second-order valence-corrected chi connectivity index (χ2v) is 8.85. The van der Waals surface area contributed by atoms with Crippen molar-refractivity contribution in [3.8, 4) is 11.5 Å². The fourth-order valence-corrected chi connectivity index (χ4v) is 3.87. The van der Waals surface area contributed by atoms with Gasteiger partial charge in [0, 0.05) is 5.69 Å². The van der Waals surface area contributed by atoms with Crippen LogP contribution in [0.3, 0.4) is 0 Å². The molecule has 3 aromatic carbocycles. The van der Waals surface area contributed by atoms with E-state index in [1.807, 2.05) is 0 Å². The lowest BCUT2D eigenvalue weighted by atomic mass is 10.1. The van der Waals surface area contributed by atoms with Gasteiger partial charge in [-0.3, -0.25) is 4.79 Å². The third kappa shape index (κ3) is 6.26. The van der Waals surface area contributed by atoms with Gasteiger partial charge in [-0.05, 0) is 67.1 Å². The number of amides is 3. The highest BCUT2D eigenvalue weighted by Gasteiger charge is 2.32. The van der Waals surface area contributed by atoms with E-state index >= 15 is 0 Å². The Labute approximate surface area is 196 Å². The molecule has 4 N–H and O–H groups in total. The van der Waals surface area contributed by atoms with E-state index in [0.717, 1.165) is 30.3 Å². The Morgan fingerprint density at radius 1 is 0.971 bits per heavy atom. The van der Waals surface area contributed by atoms with Gasteiger partial charge in [-0.1, -0.05) is 6.07 Å². The summed E-state index contributed by atoms with van der Waals surface area (Å²) in [6.07, 6.45) is -4.77. The van der Waals surface area contributed by atoms with Crippen LogP contribution in [0.4, 0.5) is 28.0 Å². The topological polar surface area (TPSA) is 128 Å². The number of benzene rings is 3. The predicted molar refractivity (Wildman–Crippen MR) is 117 cm³/mol. The molecular weight excluding hydrogens is 494 g/mol. The van der Waals surface area contributed by atoms with Gasteiger partial charge in [-0.2, -0.15) is 13.2 Å². The van der Waals surface area contributed by atoms with Crippen molar-refractivity contribution < 1.29 is 40.3 Å². The molecule has 35 heavy (non-hydrogen) atoms. The summed E-state index contributed by atoms with van der Waals surface area (Å²) in [7, 11) is -4.35. The molecule has 0 bridgehead atoms. The Kier molecular flexibility index (Phi) is 7.01. The van der Waals surface area contributed by atoms with Gasteiger partial charge >= 0.3 is 12.2 Å². The van der Waals surface area contributed by atoms with Gasteiger partial charge < -0.3 is 15.8 Å². The number of carbonyl (C=O) groups is 2. The molecule has 0 aliphatic heterocycles. The number of carbonyl (C=O) groups excluding carboxylic acids is 2. The number of urea groups is 1. The zero-order valence-corrected chi connectivity index (χ0v) is 18.6. The summed E-state index contributed by atoms with van der Waals surface area (Å²) < 4.78 is 84.6. The molecule has 0 saturated carbocycles. The van der Waals surface area contributed by atoms with Crippen LogP contribution in [0.1, 0.15) is 21.5 Å². The number of ether oxygens (including phenoxy) is 1. The van der Waals surface area contributed by atoms with Crippen LogP contribution in [0.2, 0.25) is 0 Å². The minimum Gasteiger partial charge on any atom is -0.456 e. The monoisotopic (exact) mass is 511 g/mol. The maximum Gasteiger partial charge on any atom is 0.416 e. The second-order valence-electron chi connectivity index (χ2n) is 7.17. The Bertz CT molecular complexity index is 1410. The molecule has 0 aliphatic rings. The Morgan fingerprint density at radius 2 is 1.66 bits per heavy atom. The molecule has 184 valence electrons. The molecule has 3 aromatic rings. The zero-order valence-electron chi connectivity index (χ0n) is 17.8. The van der Waals surface area contributed by atoms with Gasteiger partial charge in [0.15, 0.2) is 0 Å². The number of hydrogen-bond donors (Lipinski definition) is 3. The zero-order chi connectivity index (χ0) is 26.0. The van der Waals surface area contributed by atoms with Crippen molar-refractivity contribution in [2.24, 2.45) is 5.73 Å². The van der Waals surface area contributed by atoms with E-state index in [4.69, 9.17) is 10.5 Å². The predicted octanol–water partition coefficient (Wildman–Crippen LogP) is 4.55. The molecule has 0 spiro atoms.